The fourth-order valence-electron chi connectivity index (χ4n) is 2.62. The second-order valence-electron chi connectivity index (χ2n) is 5.34. The Kier molecular flexibility index (Phi) is 3.30. The quantitative estimate of drug-likeness (QED) is 0.714. The van der Waals surface area contributed by atoms with Crippen LogP contribution in [-0.4, -0.2) is 12.6 Å². The van der Waals surface area contributed by atoms with Crippen LogP contribution in [0.3, 0.4) is 0 Å². The molecule has 3 rings (SSSR count). The summed E-state index contributed by atoms with van der Waals surface area (Å²) in [7, 11) is 0. The lowest BCUT2D eigenvalue weighted by atomic mass is 10.1. The molecule has 2 heteroatoms. The fourth-order valence-corrected chi connectivity index (χ4v) is 3.37. The molecule has 16 heavy (non-hydrogen) atoms. The van der Waals surface area contributed by atoms with Gasteiger partial charge in [0.15, 0.2) is 0 Å². The highest BCUT2D eigenvalue weighted by Gasteiger charge is 2.40. The van der Waals surface area contributed by atoms with Crippen LogP contribution in [0.25, 0.3) is 0 Å². The number of rotatable bonds is 7. The van der Waals surface area contributed by atoms with Gasteiger partial charge in [-0.05, 0) is 68.4 Å². The van der Waals surface area contributed by atoms with Crippen LogP contribution in [-0.2, 0) is 6.42 Å². The first-order valence-corrected chi connectivity index (χ1v) is 7.57. The molecule has 0 radical (unpaired) electrons. The molecular weight excluding hydrogens is 214 g/mol. The molecule has 88 valence electrons. The normalized spacial score (nSPS) is 20.6. The molecule has 1 aromatic heterocycles. The summed E-state index contributed by atoms with van der Waals surface area (Å²) >= 11 is 1.89. The monoisotopic (exact) mass is 235 g/mol. The van der Waals surface area contributed by atoms with E-state index in [1.807, 2.05) is 11.3 Å². The zero-order valence-corrected chi connectivity index (χ0v) is 10.6. The zero-order chi connectivity index (χ0) is 10.8. The highest BCUT2D eigenvalue weighted by Crippen LogP contribution is 2.44. The van der Waals surface area contributed by atoms with Crippen molar-refractivity contribution >= 4 is 11.3 Å². The van der Waals surface area contributed by atoms with Crippen molar-refractivity contribution in [3.8, 4) is 0 Å². The Morgan fingerprint density at radius 1 is 1.25 bits per heavy atom. The summed E-state index contributed by atoms with van der Waals surface area (Å²) in [5.74, 6) is 2.07. The van der Waals surface area contributed by atoms with Gasteiger partial charge in [-0.25, -0.2) is 0 Å². The fraction of sp³-hybridized carbons (Fsp3) is 0.714. The second kappa shape index (κ2) is 4.89. The molecule has 1 heterocycles. The maximum absolute atomic E-state index is 3.81. The summed E-state index contributed by atoms with van der Waals surface area (Å²) < 4.78 is 0. The third-order valence-corrected chi connectivity index (χ3v) is 4.76. The minimum Gasteiger partial charge on any atom is -0.313 e. The van der Waals surface area contributed by atoms with Crippen LogP contribution in [0.4, 0.5) is 0 Å². The molecule has 1 aromatic rings. The highest BCUT2D eigenvalue weighted by molar-refractivity contribution is 7.09. The van der Waals surface area contributed by atoms with Gasteiger partial charge in [0, 0.05) is 10.9 Å². The predicted molar refractivity (Wildman–Crippen MR) is 69.9 cm³/mol. The van der Waals surface area contributed by atoms with Crippen LogP contribution in [0.5, 0.6) is 0 Å². The van der Waals surface area contributed by atoms with Crippen LogP contribution >= 0.6 is 11.3 Å². The van der Waals surface area contributed by atoms with E-state index in [1.165, 1.54) is 49.9 Å². The van der Waals surface area contributed by atoms with Crippen molar-refractivity contribution in [2.45, 2.75) is 44.6 Å². The van der Waals surface area contributed by atoms with Gasteiger partial charge in [0.2, 0.25) is 0 Å². The maximum atomic E-state index is 3.81. The van der Waals surface area contributed by atoms with Gasteiger partial charge >= 0.3 is 0 Å². The molecule has 2 saturated carbocycles. The van der Waals surface area contributed by atoms with Gasteiger partial charge in [-0.15, -0.1) is 11.3 Å². The van der Waals surface area contributed by atoms with Crippen LogP contribution in [0.15, 0.2) is 17.5 Å². The molecule has 2 fully saturated rings. The molecular formula is C14H21NS. The van der Waals surface area contributed by atoms with Gasteiger partial charge in [-0.3, -0.25) is 0 Å². The highest BCUT2D eigenvalue weighted by atomic mass is 32.1. The Hall–Kier alpha value is -0.340. The van der Waals surface area contributed by atoms with Crippen LogP contribution in [0.1, 0.15) is 37.0 Å². The van der Waals surface area contributed by atoms with E-state index in [9.17, 15) is 0 Å². The Morgan fingerprint density at radius 3 is 2.56 bits per heavy atom. The molecule has 2 aliphatic rings. The third-order valence-electron chi connectivity index (χ3n) is 3.82. The topological polar surface area (TPSA) is 12.0 Å². The van der Waals surface area contributed by atoms with Crippen molar-refractivity contribution in [1.29, 1.82) is 0 Å². The van der Waals surface area contributed by atoms with Crippen molar-refractivity contribution < 1.29 is 0 Å². The van der Waals surface area contributed by atoms with E-state index in [2.05, 4.69) is 22.8 Å². The number of hydrogen-bond acceptors (Lipinski definition) is 2. The Balaban J connectivity index is 1.35. The van der Waals surface area contributed by atoms with Crippen molar-refractivity contribution in [3.63, 3.8) is 0 Å². The van der Waals surface area contributed by atoms with E-state index < -0.39 is 0 Å². The molecule has 1 N–H and O–H groups in total. The molecule has 0 spiro atoms. The van der Waals surface area contributed by atoms with Crippen molar-refractivity contribution in [1.82, 2.24) is 5.32 Å². The lowest BCUT2D eigenvalue weighted by Crippen LogP contribution is -2.33. The van der Waals surface area contributed by atoms with Gasteiger partial charge in [0.1, 0.15) is 0 Å². The molecule has 0 bridgehead atoms. The summed E-state index contributed by atoms with van der Waals surface area (Å²) in [6.07, 6.45) is 8.50. The smallest absolute Gasteiger partial charge is 0.0124 e. The number of nitrogens with one attached hydrogen (secondary N) is 1. The van der Waals surface area contributed by atoms with Gasteiger partial charge < -0.3 is 5.32 Å². The molecule has 0 atom stereocenters. The van der Waals surface area contributed by atoms with Crippen molar-refractivity contribution in [3.05, 3.63) is 22.4 Å². The van der Waals surface area contributed by atoms with Gasteiger partial charge in [-0.1, -0.05) is 6.07 Å². The minimum absolute atomic E-state index is 0.878. The minimum atomic E-state index is 0.878. The Bertz CT molecular complexity index is 299. The van der Waals surface area contributed by atoms with Crippen molar-refractivity contribution in [2.75, 3.05) is 6.54 Å². The largest absolute Gasteiger partial charge is 0.313 e. The molecule has 0 aromatic carbocycles. The number of thiophene rings is 1. The molecule has 2 aliphatic carbocycles. The summed E-state index contributed by atoms with van der Waals surface area (Å²) in [6, 6.07) is 5.29. The molecule has 0 amide bonds. The molecule has 0 saturated heterocycles. The summed E-state index contributed by atoms with van der Waals surface area (Å²) in [5, 5.41) is 5.99. The van der Waals surface area contributed by atoms with Crippen LogP contribution < -0.4 is 5.32 Å². The summed E-state index contributed by atoms with van der Waals surface area (Å²) in [5.41, 5.74) is 0. The Morgan fingerprint density at radius 2 is 2.00 bits per heavy atom. The van der Waals surface area contributed by atoms with Crippen LogP contribution in [0, 0.1) is 11.8 Å². The van der Waals surface area contributed by atoms with Crippen LogP contribution in [0.2, 0.25) is 0 Å². The van der Waals surface area contributed by atoms with E-state index in [-0.39, 0.29) is 0 Å². The van der Waals surface area contributed by atoms with Gasteiger partial charge in [-0.2, -0.15) is 0 Å². The standard InChI is InChI=1S/C14H21NS/c1(3-13-4-2-10-16-13)9-15-14(11-5-6-11)12-7-8-12/h2,4,10-12,14-15H,1,3,5-9H2. The summed E-state index contributed by atoms with van der Waals surface area (Å²) in [4.78, 5) is 1.54. The Labute approximate surface area is 102 Å². The van der Waals surface area contributed by atoms with E-state index >= 15 is 0 Å². The second-order valence-corrected chi connectivity index (χ2v) is 6.37. The van der Waals surface area contributed by atoms with Gasteiger partial charge in [0.25, 0.3) is 0 Å². The SMILES string of the molecule is c1csc(CCCNC(C2CC2)C2CC2)c1. The molecule has 0 unspecified atom stereocenters. The average Bonchev–Trinajstić information content (AvgIpc) is 3.20. The number of aryl methyl sites for hydroxylation is 1. The first kappa shape index (κ1) is 10.8. The first-order valence-electron chi connectivity index (χ1n) is 6.69. The van der Waals surface area contributed by atoms with E-state index in [0.717, 1.165) is 17.9 Å². The lowest BCUT2D eigenvalue weighted by Gasteiger charge is -2.17. The molecule has 0 aliphatic heterocycles. The van der Waals surface area contributed by atoms with Gasteiger partial charge in [0.05, 0.1) is 0 Å². The predicted octanol–water partition coefficient (Wildman–Crippen LogP) is 3.46. The van der Waals surface area contributed by atoms with E-state index in [0.29, 0.717) is 0 Å². The number of hydrogen-bond donors (Lipinski definition) is 1. The molecule has 1 nitrogen and oxygen atoms in total. The lowest BCUT2D eigenvalue weighted by molar-refractivity contribution is 0.414. The third kappa shape index (κ3) is 2.86. The van der Waals surface area contributed by atoms with Crippen molar-refractivity contribution in [2.24, 2.45) is 11.8 Å². The average molecular weight is 235 g/mol. The first-order chi connectivity index (χ1) is 7.93. The zero-order valence-electron chi connectivity index (χ0n) is 9.82. The van der Waals surface area contributed by atoms with E-state index in [4.69, 9.17) is 0 Å². The van der Waals surface area contributed by atoms with E-state index in [1.54, 1.807) is 0 Å². The maximum Gasteiger partial charge on any atom is 0.0124 e. The summed E-state index contributed by atoms with van der Waals surface area (Å²) in [6.45, 7) is 1.22.